The van der Waals surface area contributed by atoms with Crippen LogP contribution in [0, 0.1) is 0 Å². The molecule has 4 nitrogen and oxygen atoms in total. The molecule has 1 atom stereocenters. The highest BCUT2D eigenvalue weighted by atomic mass is 32.1. The third kappa shape index (κ3) is 3.32. The average Bonchev–Trinajstić information content (AvgIpc) is 2.86. The van der Waals surface area contributed by atoms with E-state index in [0.717, 1.165) is 12.2 Å². The molecule has 0 aliphatic rings. The van der Waals surface area contributed by atoms with Gasteiger partial charge in [0.2, 0.25) is 0 Å². The first-order chi connectivity index (χ1) is 9.10. The quantitative estimate of drug-likeness (QED) is 0.905. The van der Waals surface area contributed by atoms with Crippen molar-refractivity contribution in [1.29, 1.82) is 0 Å². The van der Waals surface area contributed by atoms with Crippen molar-refractivity contribution in [3.8, 4) is 10.9 Å². The molecule has 1 aromatic heterocycles. The first-order valence-electron chi connectivity index (χ1n) is 6.05. The van der Waals surface area contributed by atoms with Crippen LogP contribution in [0.5, 0.6) is 10.9 Å². The molecule has 2 rings (SSSR count). The SMILES string of the molecule is CCc1cccc(Oc2ncc(C(C)C(=O)O)s2)c1. The lowest BCUT2D eigenvalue weighted by Gasteiger charge is -2.03. The number of benzene rings is 1. The van der Waals surface area contributed by atoms with E-state index in [0.29, 0.717) is 10.1 Å². The molecule has 0 bridgehead atoms. The van der Waals surface area contributed by atoms with Crippen LogP contribution in [0.15, 0.2) is 30.5 Å². The summed E-state index contributed by atoms with van der Waals surface area (Å²) in [5, 5.41) is 9.41. The Morgan fingerprint density at radius 2 is 2.32 bits per heavy atom. The van der Waals surface area contributed by atoms with E-state index in [-0.39, 0.29) is 0 Å². The Labute approximate surface area is 115 Å². The molecule has 0 saturated carbocycles. The minimum Gasteiger partial charge on any atom is -0.481 e. The number of nitrogens with zero attached hydrogens (tertiary/aromatic N) is 1. The lowest BCUT2D eigenvalue weighted by atomic mass is 10.2. The van der Waals surface area contributed by atoms with E-state index in [1.54, 1.807) is 13.1 Å². The molecule has 0 amide bonds. The first kappa shape index (κ1) is 13.5. The topological polar surface area (TPSA) is 59.4 Å². The highest BCUT2D eigenvalue weighted by Gasteiger charge is 2.17. The van der Waals surface area contributed by atoms with Gasteiger partial charge in [0.25, 0.3) is 5.19 Å². The predicted molar refractivity (Wildman–Crippen MR) is 74.1 cm³/mol. The van der Waals surface area contributed by atoms with Gasteiger partial charge in [0.15, 0.2) is 0 Å². The number of rotatable bonds is 5. The molecular formula is C14H15NO3S. The smallest absolute Gasteiger partial charge is 0.311 e. The van der Waals surface area contributed by atoms with Crippen molar-refractivity contribution in [2.45, 2.75) is 26.2 Å². The summed E-state index contributed by atoms with van der Waals surface area (Å²) < 4.78 is 5.65. The Bertz CT molecular complexity index is 580. The number of aryl methyl sites for hydroxylation is 1. The van der Waals surface area contributed by atoms with Gasteiger partial charge in [-0.2, -0.15) is 0 Å². The van der Waals surface area contributed by atoms with Crippen LogP contribution in [0.1, 0.15) is 30.2 Å². The lowest BCUT2D eigenvalue weighted by Crippen LogP contribution is -2.05. The summed E-state index contributed by atoms with van der Waals surface area (Å²) in [6.45, 7) is 3.71. The molecule has 19 heavy (non-hydrogen) atoms. The molecular weight excluding hydrogens is 262 g/mol. The van der Waals surface area contributed by atoms with Crippen molar-refractivity contribution in [2.24, 2.45) is 0 Å². The van der Waals surface area contributed by atoms with Gasteiger partial charge in [0, 0.05) is 11.1 Å². The molecule has 0 aliphatic heterocycles. The van der Waals surface area contributed by atoms with Gasteiger partial charge in [0.1, 0.15) is 5.75 Å². The van der Waals surface area contributed by atoms with Gasteiger partial charge in [-0.15, -0.1) is 0 Å². The van der Waals surface area contributed by atoms with Gasteiger partial charge >= 0.3 is 5.97 Å². The minimum absolute atomic E-state index is 0.469. The number of carboxylic acid groups (broad SMARTS) is 1. The third-order valence-corrected chi connectivity index (χ3v) is 3.87. The number of carbonyl (C=O) groups is 1. The first-order valence-corrected chi connectivity index (χ1v) is 6.87. The summed E-state index contributed by atoms with van der Waals surface area (Å²) in [4.78, 5) is 15.7. The fraction of sp³-hybridized carbons (Fsp3) is 0.286. The maximum absolute atomic E-state index is 10.9. The van der Waals surface area contributed by atoms with Crippen LogP contribution in [0.2, 0.25) is 0 Å². The summed E-state index contributed by atoms with van der Waals surface area (Å²) in [6.07, 6.45) is 2.50. The largest absolute Gasteiger partial charge is 0.481 e. The second kappa shape index (κ2) is 5.84. The van der Waals surface area contributed by atoms with E-state index in [1.165, 1.54) is 16.9 Å². The Morgan fingerprint density at radius 1 is 1.53 bits per heavy atom. The fourth-order valence-electron chi connectivity index (χ4n) is 1.57. The van der Waals surface area contributed by atoms with Crippen LogP contribution in [-0.4, -0.2) is 16.1 Å². The predicted octanol–water partition coefficient (Wildman–Crippen LogP) is 3.69. The van der Waals surface area contributed by atoms with Crippen LogP contribution in [0.25, 0.3) is 0 Å². The second-order valence-electron chi connectivity index (χ2n) is 4.19. The van der Waals surface area contributed by atoms with E-state index in [2.05, 4.69) is 11.9 Å². The van der Waals surface area contributed by atoms with Crippen molar-refractivity contribution in [3.63, 3.8) is 0 Å². The number of thiazole rings is 1. The second-order valence-corrected chi connectivity index (χ2v) is 5.22. The van der Waals surface area contributed by atoms with Crippen molar-refractivity contribution >= 4 is 17.3 Å². The maximum Gasteiger partial charge on any atom is 0.311 e. The zero-order valence-electron chi connectivity index (χ0n) is 10.8. The maximum atomic E-state index is 10.9. The molecule has 0 saturated heterocycles. The summed E-state index contributed by atoms with van der Waals surface area (Å²) in [5.74, 6) is -0.691. The number of aromatic nitrogens is 1. The van der Waals surface area contributed by atoms with Crippen LogP contribution in [0.4, 0.5) is 0 Å². The number of ether oxygens (including phenoxy) is 1. The number of carboxylic acids is 1. The van der Waals surface area contributed by atoms with Crippen molar-refractivity contribution < 1.29 is 14.6 Å². The molecule has 1 heterocycles. The van der Waals surface area contributed by atoms with E-state index in [9.17, 15) is 4.79 Å². The normalized spacial score (nSPS) is 12.1. The van der Waals surface area contributed by atoms with Gasteiger partial charge in [0.05, 0.1) is 5.92 Å². The molecule has 5 heteroatoms. The monoisotopic (exact) mass is 277 g/mol. The molecule has 1 N–H and O–H groups in total. The Kier molecular flexibility index (Phi) is 4.16. The Balaban J connectivity index is 2.13. The zero-order chi connectivity index (χ0) is 13.8. The summed E-state index contributed by atoms with van der Waals surface area (Å²) in [6, 6.07) is 7.79. The number of aliphatic carboxylic acids is 1. The van der Waals surface area contributed by atoms with Gasteiger partial charge in [-0.05, 0) is 31.0 Å². The third-order valence-electron chi connectivity index (χ3n) is 2.81. The van der Waals surface area contributed by atoms with Crippen LogP contribution >= 0.6 is 11.3 Å². The number of hydrogen-bond acceptors (Lipinski definition) is 4. The van der Waals surface area contributed by atoms with E-state index in [1.807, 2.05) is 24.3 Å². The molecule has 0 spiro atoms. The zero-order valence-corrected chi connectivity index (χ0v) is 11.6. The standard InChI is InChI=1S/C14H15NO3S/c1-3-10-5-4-6-11(7-10)18-14-15-8-12(19-14)9(2)13(16)17/h4-9H,3H2,1-2H3,(H,16,17). The van der Waals surface area contributed by atoms with E-state index >= 15 is 0 Å². The van der Waals surface area contributed by atoms with Crippen LogP contribution in [-0.2, 0) is 11.2 Å². The highest BCUT2D eigenvalue weighted by molar-refractivity contribution is 7.13. The van der Waals surface area contributed by atoms with Crippen molar-refractivity contribution in [3.05, 3.63) is 40.9 Å². The average molecular weight is 277 g/mol. The van der Waals surface area contributed by atoms with E-state index in [4.69, 9.17) is 9.84 Å². The van der Waals surface area contributed by atoms with Gasteiger partial charge in [-0.25, -0.2) is 4.98 Å². The molecule has 2 aromatic rings. The number of hydrogen-bond donors (Lipinski definition) is 1. The van der Waals surface area contributed by atoms with Crippen LogP contribution in [0.3, 0.4) is 0 Å². The lowest BCUT2D eigenvalue weighted by molar-refractivity contribution is -0.138. The van der Waals surface area contributed by atoms with Gasteiger partial charge in [-0.3, -0.25) is 4.79 Å². The molecule has 0 radical (unpaired) electrons. The molecule has 0 fully saturated rings. The van der Waals surface area contributed by atoms with Crippen molar-refractivity contribution in [2.75, 3.05) is 0 Å². The molecule has 0 aliphatic carbocycles. The minimum atomic E-state index is -0.858. The van der Waals surface area contributed by atoms with Crippen LogP contribution < -0.4 is 4.74 Å². The molecule has 100 valence electrons. The van der Waals surface area contributed by atoms with Crippen molar-refractivity contribution in [1.82, 2.24) is 4.98 Å². The molecule has 1 aromatic carbocycles. The molecule has 1 unspecified atom stereocenters. The Hall–Kier alpha value is -1.88. The summed E-state index contributed by atoms with van der Waals surface area (Å²) in [7, 11) is 0. The van der Waals surface area contributed by atoms with E-state index < -0.39 is 11.9 Å². The highest BCUT2D eigenvalue weighted by Crippen LogP contribution is 2.31. The van der Waals surface area contributed by atoms with Gasteiger partial charge in [-0.1, -0.05) is 30.4 Å². The van der Waals surface area contributed by atoms with Gasteiger partial charge < -0.3 is 9.84 Å². The summed E-state index contributed by atoms with van der Waals surface area (Å²) >= 11 is 1.26. The Morgan fingerprint density at radius 3 is 3.00 bits per heavy atom. The fourth-order valence-corrected chi connectivity index (χ4v) is 2.40. The summed E-state index contributed by atoms with van der Waals surface area (Å²) in [5.41, 5.74) is 1.19.